The van der Waals surface area contributed by atoms with E-state index >= 15 is 0 Å². The predicted octanol–water partition coefficient (Wildman–Crippen LogP) is 3.15. The average Bonchev–Trinajstić information content (AvgIpc) is 2.35. The molecule has 3 rings (SSSR count). The fourth-order valence-electron chi connectivity index (χ4n) is 2.51. The van der Waals surface area contributed by atoms with Gasteiger partial charge in [0.15, 0.2) is 0 Å². The summed E-state index contributed by atoms with van der Waals surface area (Å²) in [4.78, 5) is 19.1. The summed E-state index contributed by atoms with van der Waals surface area (Å²) in [6, 6.07) is 3.73. The Hall–Kier alpha value is -1.55. The van der Waals surface area contributed by atoms with Crippen molar-refractivity contribution in [2.75, 3.05) is 6.61 Å². The first-order valence-electron chi connectivity index (χ1n) is 6.89. The molecule has 0 radical (unpaired) electrons. The molecule has 20 heavy (non-hydrogen) atoms. The second-order valence-corrected chi connectivity index (χ2v) is 5.66. The van der Waals surface area contributed by atoms with Gasteiger partial charge in [-0.05, 0) is 37.3 Å². The van der Waals surface area contributed by atoms with Crippen molar-refractivity contribution in [1.82, 2.24) is 9.97 Å². The molecule has 0 unspecified atom stereocenters. The molecule has 1 saturated carbocycles. The van der Waals surface area contributed by atoms with Crippen molar-refractivity contribution in [3.05, 3.63) is 33.9 Å². The summed E-state index contributed by atoms with van der Waals surface area (Å²) in [5.74, 6) is 2.13. The summed E-state index contributed by atoms with van der Waals surface area (Å²) in [7, 11) is 0. The van der Waals surface area contributed by atoms with Crippen LogP contribution in [-0.4, -0.2) is 16.6 Å². The Labute approximate surface area is 122 Å². The zero-order valence-electron chi connectivity index (χ0n) is 11.4. The van der Waals surface area contributed by atoms with Crippen molar-refractivity contribution >= 4 is 22.5 Å². The molecule has 1 heterocycles. The third-order valence-electron chi connectivity index (χ3n) is 3.87. The monoisotopic (exact) mass is 292 g/mol. The van der Waals surface area contributed by atoms with E-state index < -0.39 is 0 Å². The summed E-state index contributed by atoms with van der Waals surface area (Å²) in [6.45, 7) is 2.65. The molecule has 1 fully saturated rings. The van der Waals surface area contributed by atoms with Crippen LogP contribution < -0.4 is 10.3 Å². The number of hydrogen-bond donors (Lipinski definition) is 1. The van der Waals surface area contributed by atoms with E-state index in [1.54, 1.807) is 0 Å². The minimum Gasteiger partial charge on any atom is -0.493 e. The van der Waals surface area contributed by atoms with Crippen LogP contribution in [0, 0.1) is 12.8 Å². The van der Waals surface area contributed by atoms with Gasteiger partial charge in [-0.15, -0.1) is 11.6 Å². The Morgan fingerprint density at radius 3 is 2.90 bits per heavy atom. The highest BCUT2D eigenvalue weighted by Crippen LogP contribution is 2.28. The van der Waals surface area contributed by atoms with Crippen molar-refractivity contribution in [3.8, 4) is 5.75 Å². The zero-order chi connectivity index (χ0) is 14.1. The topological polar surface area (TPSA) is 55.0 Å². The van der Waals surface area contributed by atoms with Crippen LogP contribution in [0.15, 0.2) is 16.9 Å². The van der Waals surface area contributed by atoms with Crippen LogP contribution in [0.3, 0.4) is 0 Å². The lowest BCUT2D eigenvalue weighted by molar-refractivity contribution is 0.180. The molecule has 0 amide bonds. The predicted molar refractivity (Wildman–Crippen MR) is 79.5 cm³/mol. The minimum absolute atomic E-state index is 0.145. The molecule has 0 bridgehead atoms. The number of aryl methyl sites for hydroxylation is 1. The van der Waals surface area contributed by atoms with E-state index in [0.717, 1.165) is 17.9 Å². The fourth-order valence-corrected chi connectivity index (χ4v) is 2.63. The quantitative estimate of drug-likeness (QED) is 0.881. The number of rotatable bonds is 4. The average molecular weight is 293 g/mol. The number of alkyl halides is 1. The Morgan fingerprint density at radius 1 is 1.45 bits per heavy atom. The van der Waals surface area contributed by atoms with Gasteiger partial charge in [0.05, 0.1) is 23.4 Å². The molecule has 1 N–H and O–H groups in total. The van der Waals surface area contributed by atoms with Gasteiger partial charge in [0, 0.05) is 6.07 Å². The lowest BCUT2D eigenvalue weighted by Crippen LogP contribution is -2.19. The summed E-state index contributed by atoms with van der Waals surface area (Å²) >= 11 is 5.74. The van der Waals surface area contributed by atoms with Crippen molar-refractivity contribution in [2.45, 2.75) is 32.1 Å². The van der Waals surface area contributed by atoms with Crippen molar-refractivity contribution in [1.29, 1.82) is 0 Å². The van der Waals surface area contributed by atoms with E-state index in [9.17, 15) is 4.79 Å². The van der Waals surface area contributed by atoms with Gasteiger partial charge < -0.3 is 9.72 Å². The van der Waals surface area contributed by atoms with E-state index in [-0.39, 0.29) is 11.4 Å². The number of aromatic amines is 1. The molecule has 0 saturated heterocycles. The maximum Gasteiger partial charge on any atom is 0.259 e. The summed E-state index contributed by atoms with van der Waals surface area (Å²) in [6.07, 6.45) is 3.81. The lowest BCUT2D eigenvalue weighted by Gasteiger charge is -2.25. The molecule has 2 aromatic rings. The van der Waals surface area contributed by atoms with E-state index in [1.165, 1.54) is 19.3 Å². The number of hydrogen-bond acceptors (Lipinski definition) is 3. The first-order valence-corrected chi connectivity index (χ1v) is 7.43. The van der Waals surface area contributed by atoms with Gasteiger partial charge in [-0.3, -0.25) is 4.79 Å². The zero-order valence-corrected chi connectivity index (χ0v) is 12.2. The van der Waals surface area contributed by atoms with Gasteiger partial charge in [-0.2, -0.15) is 0 Å². The fraction of sp³-hybridized carbons (Fsp3) is 0.467. The van der Waals surface area contributed by atoms with E-state index in [0.29, 0.717) is 22.6 Å². The molecular weight excluding hydrogens is 276 g/mol. The van der Waals surface area contributed by atoms with Crippen molar-refractivity contribution < 1.29 is 4.74 Å². The van der Waals surface area contributed by atoms with E-state index in [1.807, 2.05) is 19.1 Å². The number of halogens is 1. The highest BCUT2D eigenvalue weighted by molar-refractivity contribution is 6.16. The Bertz CT molecular complexity index is 692. The second-order valence-electron chi connectivity index (χ2n) is 5.39. The molecule has 0 aliphatic heterocycles. The van der Waals surface area contributed by atoms with Gasteiger partial charge in [0.2, 0.25) is 0 Å². The maximum absolute atomic E-state index is 12.0. The molecule has 1 aromatic carbocycles. The molecule has 1 aliphatic carbocycles. The van der Waals surface area contributed by atoms with Gasteiger partial charge in [0.25, 0.3) is 5.56 Å². The van der Waals surface area contributed by atoms with E-state index in [4.69, 9.17) is 16.3 Å². The molecule has 5 heteroatoms. The van der Waals surface area contributed by atoms with E-state index in [2.05, 4.69) is 9.97 Å². The van der Waals surface area contributed by atoms with Gasteiger partial charge in [-0.25, -0.2) is 4.98 Å². The Morgan fingerprint density at radius 2 is 2.25 bits per heavy atom. The first-order chi connectivity index (χ1) is 9.67. The minimum atomic E-state index is -0.145. The number of fused-ring (bicyclic) bond motifs is 1. The van der Waals surface area contributed by atoms with Crippen LogP contribution in [0.25, 0.3) is 10.9 Å². The SMILES string of the molecule is Cc1cc(OCC2CCC2)cc2nc(CCl)[nH]c(=O)c12. The van der Waals surface area contributed by atoms with Gasteiger partial charge >= 0.3 is 0 Å². The summed E-state index contributed by atoms with van der Waals surface area (Å²) < 4.78 is 5.83. The van der Waals surface area contributed by atoms with Crippen molar-refractivity contribution in [3.63, 3.8) is 0 Å². The lowest BCUT2D eigenvalue weighted by atomic mass is 9.86. The van der Waals surface area contributed by atoms with Crippen LogP contribution in [0.1, 0.15) is 30.7 Å². The molecule has 0 spiro atoms. The number of nitrogens with one attached hydrogen (secondary N) is 1. The Kier molecular flexibility index (Phi) is 3.66. The van der Waals surface area contributed by atoms with Crippen LogP contribution >= 0.6 is 11.6 Å². The number of aromatic nitrogens is 2. The van der Waals surface area contributed by atoms with Gasteiger partial charge in [0.1, 0.15) is 11.6 Å². The highest BCUT2D eigenvalue weighted by atomic mass is 35.5. The summed E-state index contributed by atoms with van der Waals surface area (Å²) in [5, 5.41) is 0.606. The molecule has 1 aliphatic rings. The van der Waals surface area contributed by atoms with Crippen LogP contribution in [0.4, 0.5) is 0 Å². The number of nitrogens with zero attached hydrogens (tertiary/aromatic N) is 1. The number of benzene rings is 1. The normalized spacial score (nSPS) is 15.3. The molecule has 1 aromatic heterocycles. The third-order valence-corrected chi connectivity index (χ3v) is 4.12. The molecule has 106 valence electrons. The largest absolute Gasteiger partial charge is 0.493 e. The van der Waals surface area contributed by atoms with Crippen molar-refractivity contribution in [2.24, 2.45) is 5.92 Å². The molecule has 4 nitrogen and oxygen atoms in total. The van der Waals surface area contributed by atoms with Crippen LogP contribution in [0.2, 0.25) is 0 Å². The van der Waals surface area contributed by atoms with Gasteiger partial charge in [-0.1, -0.05) is 6.42 Å². The van der Waals surface area contributed by atoms with Crippen LogP contribution in [0.5, 0.6) is 5.75 Å². The first kappa shape index (κ1) is 13.4. The second kappa shape index (κ2) is 5.44. The smallest absolute Gasteiger partial charge is 0.259 e. The third kappa shape index (κ3) is 2.52. The standard InChI is InChI=1S/C15H17ClN2O2/c1-9-5-11(20-8-10-3-2-4-10)6-12-14(9)15(19)18-13(7-16)17-12/h5-6,10H,2-4,7-8H2,1H3,(H,17,18,19). The summed E-state index contributed by atoms with van der Waals surface area (Å²) in [5.41, 5.74) is 1.38. The molecule has 0 atom stereocenters. The number of ether oxygens (including phenoxy) is 1. The van der Waals surface area contributed by atoms with Crippen LogP contribution in [-0.2, 0) is 5.88 Å². The number of H-pyrrole nitrogens is 1. The Balaban J connectivity index is 1.96. The maximum atomic E-state index is 12.0. The molecular formula is C15H17ClN2O2. The highest BCUT2D eigenvalue weighted by Gasteiger charge is 2.18.